The van der Waals surface area contributed by atoms with E-state index >= 15 is 0 Å². The lowest BCUT2D eigenvalue weighted by molar-refractivity contribution is 0.0463. The summed E-state index contributed by atoms with van der Waals surface area (Å²) in [6.45, 7) is 3.16. The van der Waals surface area contributed by atoms with Gasteiger partial charge in [-0.25, -0.2) is 5.06 Å². The molecule has 1 saturated heterocycles. The smallest absolute Gasteiger partial charge is 0.101 e. The van der Waals surface area contributed by atoms with E-state index in [0.717, 1.165) is 51.3 Å². The van der Waals surface area contributed by atoms with Crippen molar-refractivity contribution in [1.29, 1.82) is 0 Å². The molecule has 120 valence electrons. The van der Waals surface area contributed by atoms with Crippen LogP contribution in [0, 0.1) is 0 Å². The zero-order chi connectivity index (χ0) is 15.5. The van der Waals surface area contributed by atoms with E-state index in [1.54, 1.807) is 18.2 Å². The molecule has 1 aliphatic heterocycles. The minimum atomic E-state index is -0.121. The van der Waals surface area contributed by atoms with Crippen LogP contribution in [-0.2, 0) is 4.74 Å². The van der Waals surface area contributed by atoms with Crippen LogP contribution in [0.25, 0.3) is 0 Å². The Morgan fingerprint density at radius 3 is 2.55 bits per heavy atom. The highest BCUT2D eigenvalue weighted by atomic mass is 35.5. The molecule has 2 aliphatic rings. The van der Waals surface area contributed by atoms with Gasteiger partial charge in [0.05, 0.1) is 29.3 Å². The molecular formula is C16H20Cl2N2O2. The molecule has 0 amide bonds. The van der Waals surface area contributed by atoms with Crippen LogP contribution in [-0.4, -0.2) is 42.5 Å². The number of allylic oxidation sites excluding steroid dienone is 1. The maximum atomic E-state index is 10.8. The fourth-order valence-electron chi connectivity index (χ4n) is 3.12. The second-order valence-corrected chi connectivity index (χ2v) is 6.40. The molecule has 1 fully saturated rings. The Morgan fingerprint density at radius 2 is 1.86 bits per heavy atom. The molecule has 6 heteroatoms. The monoisotopic (exact) mass is 342 g/mol. The average molecular weight is 343 g/mol. The maximum Gasteiger partial charge on any atom is 0.101 e. The van der Waals surface area contributed by atoms with Gasteiger partial charge in [-0.1, -0.05) is 35.3 Å². The van der Waals surface area contributed by atoms with E-state index in [4.69, 9.17) is 27.9 Å². The number of nitrogens with zero attached hydrogens (tertiary/aromatic N) is 2. The molecule has 1 aromatic rings. The first kappa shape index (κ1) is 15.9. The quantitative estimate of drug-likeness (QED) is 0.843. The molecule has 1 unspecified atom stereocenters. The molecule has 0 bridgehead atoms. The topological polar surface area (TPSA) is 35.9 Å². The summed E-state index contributed by atoms with van der Waals surface area (Å²) in [6.07, 6.45) is 5.17. The van der Waals surface area contributed by atoms with E-state index < -0.39 is 0 Å². The molecule has 0 saturated carbocycles. The molecule has 1 aliphatic carbocycles. The van der Waals surface area contributed by atoms with E-state index in [-0.39, 0.29) is 6.04 Å². The van der Waals surface area contributed by atoms with Crippen molar-refractivity contribution in [3.8, 4) is 0 Å². The van der Waals surface area contributed by atoms with Gasteiger partial charge < -0.3 is 9.64 Å². The van der Waals surface area contributed by atoms with Crippen LogP contribution >= 0.6 is 23.2 Å². The summed E-state index contributed by atoms with van der Waals surface area (Å²) in [4.78, 5) is 2.29. The normalized spacial score (nSPS) is 22.4. The Morgan fingerprint density at radius 1 is 1.18 bits per heavy atom. The number of halogens is 2. The van der Waals surface area contributed by atoms with Gasteiger partial charge in [-0.3, -0.25) is 5.21 Å². The van der Waals surface area contributed by atoms with E-state index in [9.17, 15) is 5.21 Å². The Balaban J connectivity index is 1.87. The third-order valence-corrected chi connectivity index (χ3v) is 4.82. The minimum absolute atomic E-state index is 0.121. The Kier molecular flexibility index (Phi) is 5.14. The number of hydrogen-bond donors (Lipinski definition) is 1. The standard InChI is InChI=1S/C16H20Cl2N2O2/c17-12-4-3-5-13(18)16(12)20(21)15-7-2-1-6-14(15)19-8-10-22-11-9-19/h3-6,15,21H,1-2,7-11H2. The lowest BCUT2D eigenvalue weighted by atomic mass is 9.97. The van der Waals surface area contributed by atoms with Crippen LogP contribution in [0.4, 0.5) is 5.69 Å². The van der Waals surface area contributed by atoms with Gasteiger partial charge in [0.2, 0.25) is 0 Å². The number of anilines is 1. The number of morpholine rings is 1. The van der Waals surface area contributed by atoms with Crippen molar-refractivity contribution in [3.05, 3.63) is 40.0 Å². The van der Waals surface area contributed by atoms with Gasteiger partial charge >= 0.3 is 0 Å². The number of para-hydroxylation sites is 1. The van der Waals surface area contributed by atoms with Gasteiger partial charge in [-0.05, 0) is 31.4 Å². The Hall–Kier alpha value is -0.940. The van der Waals surface area contributed by atoms with Gasteiger partial charge in [0, 0.05) is 18.8 Å². The molecular weight excluding hydrogens is 323 g/mol. The van der Waals surface area contributed by atoms with Gasteiger partial charge in [0.15, 0.2) is 0 Å². The predicted octanol–water partition coefficient (Wildman–Crippen LogP) is 3.96. The van der Waals surface area contributed by atoms with Crippen LogP contribution in [0.3, 0.4) is 0 Å². The zero-order valence-corrected chi connectivity index (χ0v) is 13.9. The molecule has 3 rings (SSSR count). The van der Waals surface area contributed by atoms with E-state index in [0.29, 0.717) is 15.7 Å². The van der Waals surface area contributed by atoms with Crippen molar-refractivity contribution in [1.82, 2.24) is 4.90 Å². The molecule has 0 radical (unpaired) electrons. The van der Waals surface area contributed by atoms with Gasteiger partial charge in [-0.15, -0.1) is 0 Å². The molecule has 1 N–H and O–H groups in total. The van der Waals surface area contributed by atoms with Crippen molar-refractivity contribution in [2.45, 2.75) is 25.3 Å². The van der Waals surface area contributed by atoms with Crippen LogP contribution < -0.4 is 5.06 Å². The molecule has 0 spiro atoms. The predicted molar refractivity (Wildman–Crippen MR) is 88.8 cm³/mol. The Labute approximate surface area is 140 Å². The summed E-state index contributed by atoms with van der Waals surface area (Å²) >= 11 is 12.5. The fraction of sp³-hybridized carbons (Fsp3) is 0.500. The number of hydrogen-bond acceptors (Lipinski definition) is 4. The number of ether oxygens (including phenoxy) is 1. The van der Waals surface area contributed by atoms with Gasteiger partial charge in [-0.2, -0.15) is 0 Å². The van der Waals surface area contributed by atoms with Crippen LogP contribution in [0.5, 0.6) is 0 Å². The SMILES string of the molecule is ON(c1c(Cl)cccc1Cl)C1CCCC=C1N1CCOCC1. The van der Waals surface area contributed by atoms with E-state index in [1.165, 1.54) is 5.06 Å². The summed E-state index contributed by atoms with van der Waals surface area (Å²) in [7, 11) is 0. The lowest BCUT2D eigenvalue weighted by Gasteiger charge is -2.40. The fourth-order valence-corrected chi connectivity index (χ4v) is 3.69. The molecule has 1 atom stereocenters. The third-order valence-electron chi connectivity index (χ3n) is 4.21. The number of rotatable bonds is 3. The number of benzene rings is 1. The van der Waals surface area contributed by atoms with Gasteiger partial charge in [0.25, 0.3) is 0 Å². The second kappa shape index (κ2) is 7.09. The first-order valence-corrected chi connectivity index (χ1v) is 8.39. The van der Waals surface area contributed by atoms with E-state index in [1.807, 2.05) is 0 Å². The highest BCUT2D eigenvalue weighted by molar-refractivity contribution is 6.39. The van der Waals surface area contributed by atoms with Crippen molar-refractivity contribution in [2.24, 2.45) is 0 Å². The third kappa shape index (κ3) is 3.20. The molecule has 1 heterocycles. The van der Waals surface area contributed by atoms with Gasteiger partial charge in [0.1, 0.15) is 5.69 Å². The lowest BCUT2D eigenvalue weighted by Crippen LogP contribution is -2.46. The first-order valence-electron chi connectivity index (χ1n) is 7.63. The molecule has 0 aromatic heterocycles. The average Bonchev–Trinajstić information content (AvgIpc) is 2.55. The maximum absolute atomic E-state index is 10.8. The molecule has 22 heavy (non-hydrogen) atoms. The summed E-state index contributed by atoms with van der Waals surface area (Å²) in [5.74, 6) is 0. The largest absolute Gasteiger partial charge is 0.378 e. The highest BCUT2D eigenvalue weighted by Gasteiger charge is 2.30. The van der Waals surface area contributed by atoms with Crippen molar-refractivity contribution < 1.29 is 9.94 Å². The molecule has 4 nitrogen and oxygen atoms in total. The summed E-state index contributed by atoms with van der Waals surface area (Å²) < 4.78 is 5.42. The first-order chi connectivity index (χ1) is 10.7. The molecule has 1 aromatic carbocycles. The highest BCUT2D eigenvalue weighted by Crippen LogP contribution is 2.37. The van der Waals surface area contributed by atoms with Crippen molar-refractivity contribution in [3.63, 3.8) is 0 Å². The number of hydroxylamine groups is 1. The van der Waals surface area contributed by atoms with Crippen LogP contribution in [0.2, 0.25) is 10.0 Å². The minimum Gasteiger partial charge on any atom is -0.378 e. The van der Waals surface area contributed by atoms with Crippen LogP contribution in [0.15, 0.2) is 30.0 Å². The van der Waals surface area contributed by atoms with E-state index in [2.05, 4.69) is 11.0 Å². The van der Waals surface area contributed by atoms with Crippen molar-refractivity contribution in [2.75, 3.05) is 31.4 Å². The van der Waals surface area contributed by atoms with Crippen LogP contribution in [0.1, 0.15) is 19.3 Å². The second-order valence-electron chi connectivity index (χ2n) is 5.59. The summed E-state index contributed by atoms with van der Waals surface area (Å²) in [6, 6.07) is 5.14. The Bertz CT molecular complexity index is 539. The zero-order valence-electron chi connectivity index (χ0n) is 12.3. The summed E-state index contributed by atoms with van der Waals surface area (Å²) in [5, 5.41) is 12.9. The summed E-state index contributed by atoms with van der Waals surface area (Å²) in [5.41, 5.74) is 1.63. The van der Waals surface area contributed by atoms with Crippen molar-refractivity contribution >= 4 is 28.9 Å².